The fourth-order valence-corrected chi connectivity index (χ4v) is 4.44. The Labute approximate surface area is 121 Å². The molecule has 0 aromatic heterocycles. The van der Waals surface area contributed by atoms with Crippen LogP contribution in [0.15, 0.2) is 27.6 Å². The molecular weight excluding hydrogens is 330 g/mol. The van der Waals surface area contributed by atoms with Crippen LogP contribution in [0.5, 0.6) is 0 Å². The first-order valence-corrected chi connectivity index (χ1v) is 8.55. The van der Waals surface area contributed by atoms with Crippen molar-refractivity contribution in [3.63, 3.8) is 0 Å². The lowest BCUT2D eigenvalue weighted by atomic mass is 9.91. The summed E-state index contributed by atoms with van der Waals surface area (Å²) in [5.41, 5.74) is 0.108. The van der Waals surface area contributed by atoms with Crippen molar-refractivity contribution < 1.29 is 13.5 Å². The Kier molecular flexibility index (Phi) is 3.05. The van der Waals surface area contributed by atoms with Gasteiger partial charge in [0, 0.05) is 17.6 Å². The highest BCUT2D eigenvalue weighted by Crippen LogP contribution is 2.45. The number of β-amino-alcohol motifs (C(OH)–C–C–N with tert-alkyl or cyclic N) is 1. The Balaban J connectivity index is 1.82. The second kappa shape index (κ2) is 4.28. The van der Waals surface area contributed by atoms with Crippen LogP contribution in [0.2, 0.25) is 0 Å². The van der Waals surface area contributed by atoms with E-state index in [9.17, 15) is 13.5 Å². The van der Waals surface area contributed by atoms with Crippen molar-refractivity contribution in [3.05, 3.63) is 28.2 Å². The van der Waals surface area contributed by atoms with Gasteiger partial charge in [0.1, 0.15) is 0 Å². The molecule has 1 aromatic rings. The maximum atomic E-state index is 12.4. The average Bonchev–Trinajstić information content (AvgIpc) is 3.12. The van der Waals surface area contributed by atoms with Crippen LogP contribution in [0.25, 0.3) is 0 Å². The lowest BCUT2D eigenvalue weighted by Crippen LogP contribution is -2.64. The summed E-state index contributed by atoms with van der Waals surface area (Å²) in [5.74, 6) is 0.297. The topological polar surface area (TPSA) is 57.6 Å². The number of halogens is 1. The van der Waals surface area contributed by atoms with Crippen LogP contribution in [0.1, 0.15) is 18.4 Å². The molecule has 0 atom stereocenters. The number of sulfonamides is 1. The van der Waals surface area contributed by atoms with Gasteiger partial charge in [-0.3, -0.25) is 0 Å². The van der Waals surface area contributed by atoms with Crippen molar-refractivity contribution in [2.45, 2.75) is 30.3 Å². The number of hydrogen-bond donors (Lipinski definition) is 1. The van der Waals surface area contributed by atoms with E-state index in [1.54, 1.807) is 18.2 Å². The van der Waals surface area contributed by atoms with Gasteiger partial charge in [-0.15, -0.1) is 0 Å². The van der Waals surface area contributed by atoms with Gasteiger partial charge in [0.2, 0.25) is 10.0 Å². The van der Waals surface area contributed by atoms with Gasteiger partial charge in [-0.1, -0.05) is 15.9 Å². The van der Waals surface area contributed by atoms with E-state index in [0.717, 1.165) is 22.9 Å². The fraction of sp³-hybridized carbons (Fsp3) is 0.538. The van der Waals surface area contributed by atoms with E-state index in [1.165, 1.54) is 4.31 Å². The summed E-state index contributed by atoms with van der Waals surface area (Å²) in [6, 6.07) is 5.00. The van der Waals surface area contributed by atoms with Crippen LogP contribution >= 0.6 is 15.9 Å². The van der Waals surface area contributed by atoms with Gasteiger partial charge in [0.15, 0.2) is 0 Å². The summed E-state index contributed by atoms with van der Waals surface area (Å²) in [6.07, 6.45) is 2.03. The second-order valence-electron chi connectivity index (χ2n) is 5.56. The predicted molar refractivity (Wildman–Crippen MR) is 75.3 cm³/mol. The van der Waals surface area contributed by atoms with E-state index in [2.05, 4.69) is 15.9 Å². The van der Waals surface area contributed by atoms with E-state index in [0.29, 0.717) is 10.8 Å². The van der Waals surface area contributed by atoms with Crippen molar-refractivity contribution in [2.24, 2.45) is 5.92 Å². The van der Waals surface area contributed by atoms with Crippen LogP contribution in [0.4, 0.5) is 0 Å². The van der Waals surface area contributed by atoms with Crippen LogP contribution in [0.3, 0.4) is 0 Å². The monoisotopic (exact) mass is 345 g/mol. The van der Waals surface area contributed by atoms with Gasteiger partial charge in [0.25, 0.3) is 0 Å². The third-order valence-corrected chi connectivity index (χ3v) is 6.68. The standard InChI is InChI=1S/C13H16BrNO3S/c1-9-6-11(4-5-12(9)14)19(17,18)15-7-13(16,8-15)10-2-3-10/h4-6,10,16H,2-3,7-8H2,1H3. The summed E-state index contributed by atoms with van der Waals surface area (Å²) in [5, 5.41) is 10.2. The van der Waals surface area contributed by atoms with Gasteiger partial charge in [-0.25, -0.2) is 8.42 Å². The van der Waals surface area contributed by atoms with E-state index < -0.39 is 15.6 Å². The molecule has 0 amide bonds. The lowest BCUT2D eigenvalue weighted by molar-refractivity contribution is -0.0764. The molecule has 0 spiro atoms. The zero-order chi connectivity index (χ0) is 13.8. The molecule has 0 radical (unpaired) electrons. The highest BCUT2D eigenvalue weighted by atomic mass is 79.9. The number of rotatable bonds is 3. The highest BCUT2D eigenvalue weighted by molar-refractivity contribution is 9.10. The Morgan fingerprint density at radius 3 is 2.53 bits per heavy atom. The summed E-state index contributed by atoms with van der Waals surface area (Å²) < 4.78 is 27.1. The number of nitrogens with zero attached hydrogens (tertiary/aromatic N) is 1. The highest BCUT2D eigenvalue weighted by Gasteiger charge is 2.55. The molecule has 2 fully saturated rings. The number of aryl methyl sites for hydroxylation is 1. The van der Waals surface area contributed by atoms with E-state index in [1.807, 2.05) is 6.92 Å². The van der Waals surface area contributed by atoms with Crippen LogP contribution < -0.4 is 0 Å². The van der Waals surface area contributed by atoms with Crippen LogP contribution in [-0.2, 0) is 10.0 Å². The van der Waals surface area contributed by atoms with Crippen LogP contribution in [-0.4, -0.2) is 36.5 Å². The van der Waals surface area contributed by atoms with E-state index in [-0.39, 0.29) is 13.1 Å². The van der Waals surface area contributed by atoms with Gasteiger partial charge >= 0.3 is 0 Å². The molecule has 1 aromatic carbocycles. The first-order valence-electron chi connectivity index (χ1n) is 6.32. The normalized spacial score (nSPS) is 23.1. The molecule has 6 heteroatoms. The molecule has 1 N–H and O–H groups in total. The molecule has 2 aliphatic rings. The minimum atomic E-state index is -3.47. The molecule has 3 rings (SSSR count). The maximum absolute atomic E-state index is 12.4. The summed E-state index contributed by atoms with van der Waals surface area (Å²) in [7, 11) is -3.47. The zero-order valence-electron chi connectivity index (χ0n) is 10.6. The molecule has 1 aliphatic carbocycles. The van der Waals surface area contributed by atoms with Crippen molar-refractivity contribution in [2.75, 3.05) is 13.1 Å². The quantitative estimate of drug-likeness (QED) is 0.910. The largest absolute Gasteiger partial charge is 0.387 e. The van der Waals surface area contributed by atoms with E-state index in [4.69, 9.17) is 0 Å². The lowest BCUT2D eigenvalue weighted by Gasteiger charge is -2.45. The molecule has 1 aliphatic heterocycles. The predicted octanol–water partition coefficient (Wildman–Crippen LogP) is 1.90. The van der Waals surface area contributed by atoms with Crippen molar-refractivity contribution >= 4 is 26.0 Å². The molecule has 104 valence electrons. The minimum absolute atomic E-state index is 0.231. The Morgan fingerprint density at radius 2 is 2.00 bits per heavy atom. The number of benzene rings is 1. The third kappa shape index (κ3) is 2.24. The fourth-order valence-electron chi connectivity index (χ4n) is 2.54. The average molecular weight is 346 g/mol. The Bertz CT molecular complexity index is 619. The molecule has 4 nitrogen and oxygen atoms in total. The summed E-state index contributed by atoms with van der Waals surface area (Å²) in [4.78, 5) is 0.297. The van der Waals surface area contributed by atoms with E-state index >= 15 is 0 Å². The van der Waals surface area contributed by atoms with Gasteiger partial charge in [0.05, 0.1) is 10.5 Å². The Morgan fingerprint density at radius 1 is 1.37 bits per heavy atom. The molecular formula is C13H16BrNO3S. The van der Waals surface area contributed by atoms with Crippen molar-refractivity contribution in [1.82, 2.24) is 4.31 Å². The van der Waals surface area contributed by atoms with Crippen LogP contribution in [0, 0.1) is 12.8 Å². The summed E-state index contributed by atoms with van der Waals surface area (Å²) in [6.45, 7) is 2.32. The third-order valence-electron chi connectivity index (χ3n) is 4.00. The maximum Gasteiger partial charge on any atom is 0.243 e. The molecule has 1 saturated carbocycles. The van der Waals surface area contributed by atoms with Gasteiger partial charge < -0.3 is 5.11 Å². The zero-order valence-corrected chi connectivity index (χ0v) is 13.0. The minimum Gasteiger partial charge on any atom is -0.387 e. The molecule has 0 unspecified atom stereocenters. The summed E-state index contributed by atoms with van der Waals surface area (Å²) >= 11 is 3.36. The molecule has 19 heavy (non-hydrogen) atoms. The van der Waals surface area contributed by atoms with Crippen molar-refractivity contribution in [1.29, 1.82) is 0 Å². The number of hydrogen-bond acceptors (Lipinski definition) is 3. The molecule has 0 bridgehead atoms. The second-order valence-corrected chi connectivity index (χ2v) is 8.35. The first kappa shape index (κ1) is 13.5. The van der Waals surface area contributed by atoms with Gasteiger partial charge in [-0.2, -0.15) is 4.31 Å². The van der Waals surface area contributed by atoms with Gasteiger partial charge in [-0.05, 0) is 49.4 Å². The first-order chi connectivity index (χ1) is 8.83. The Hall–Kier alpha value is -0.430. The molecule has 1 saturated heterocycles. The SMILES string of the molecule is Cc1cc(S(=O)(=O)N2CC(O)(C3CC3)C2)ccc1Br. The molecule has 1 heterocycles. The smallest absolute Gasteiger partial charge is 0.243 e. The number of aliphatic hydroxyl groups is 1. The van der Waals surface area contributed by atoms with Crippen molar-refractivity contribution in [3.8, 4) is 0 Å².